The van der Waals surface area contributed by atoms with Crippen molar-refractivity contribution in [1.29, 1.82) is 0 Å². The second kappa shape index (κ2) is 5.21. The molecule has 3 saturated heterocycles. The normalized spacial score (nSPS) is 31.6. The Morgan fingerprint density at radius 3 is 2.74 bits per heavy atom. The molecule has 4 rings (SSSR count). The van der Waals surface area contributed by atoms with E-state index >= 15 is 0 Å². The molecule has 4 nitrogen and oxygen atoms in total. The lowest BCUT2D eigenvalue weighted by molar-refractivity contribution is -0.926. The Labute approximate surface area is 113 Å². The Morgan fingerprint density at radius 1 is 1.32 bits per heavy atom. The number of quaternary nitrogens is 1. The van der Waals surface area contributed by atoms with Crippen LogP contribution in [0.2, 0.25) is 0 Å². The van der Waals surface area contributed by atoms with Gasteiger partial charge in [0, 0.05) is 30.7 Å². The Balaban J connectivity index is 1.85. The van der Waals surface area contributed by atoms with Gasteiger partial charge in [0.25, 0.3) is 0 Å². The molecule has 0 amide bonds. The fourth-order valence-electron chi connectivity index (χ4n) is 3.62. The van der Waals surface area contributed by atoms with Crippen molar-refractivity contribution in [2.45, 2.75) is 25.3 Å². The number of fused-ring (bicyclic) bond motifs is 3. The molecule has 1 aromatic rings. The van der Waals surface area contributed by atoms with Gasteiger partial charge in [0.15, 0.2) is 0 Å². The van der Waals surface area contributed by atoms with Crippen LogP contribution >= 0.6 is 0 Å². The Hall–Kier alpha value is -1.55. The maximum absolute atomic E-state index is 9.33. The zero-order valence-corrected chi connectivity index (χ0v) is 11.3. The molecular weight excluding hydrogens is 240 g/mol. The lowest BCUT2D eigenvalue weighted by atomic mass is 9.79. The summed E-state index contributed by atoms with van der Waals surface area (Å²) in [5, 5.41) is 12.9. The van der Waals surface area contributed by atoms with Gasteiger partial charge in [-0.1, -0.05) is 23.4 Å². The van der Waals surface area contributed by atoms with Gasteiger partial charge in [0.2, 0.25) is 0 Å². The van der Waals surface area contributed by atoms with E-state index in [1.165, 1.54) is 18.7 Å². The van der Waals surface area contributed by atoms with Crippen LogP contribution in [0.5, 0.6) is 5.75 Å². The van der Waals surface area contributed by atoms with E-state index < -0.39 is 0 Å². The van der Waals surface area contributed by atoms with E-state index in [1.54, 1.807) is 12.0 Å². The van der Waals surface area contributed by atoms with Crippen molar-refractivity contribution in [1.82, 2.24) is 0 Å². The largest absolute Gasteiger partial charge is 0.496 e. The van der Waals surface area contributed by atoms with Crippen molar-refractivity contribution >= 4 is 5.71 Å². The number of ether oxygens (including phenoxy) is 1. The molecule has 0 spiro atoms. The number of hydrogen-bond donors (Lipinski definition) is 2. The van der Waals surface area contributed by atoms with Crippen LogP contribution in [0.4, 0.5) is 0 Å². The molecule has 2 bridgehead atoms. The third-order valence-corrected chi connectivity index (χ3v) is 4.63. The molecule has 3 aliphatic heterocycles. The number of para-hydroxylation sites is 1. The molecule has 3 fully saturated rings. The summed E-state index contributed by atoms with van der Waals surface area (Å²) in [6.07, 6.45) is 3.23. The molecule has 3 heterocycles. The van der Waals surface area contributed by atoms with Gasteiger partial charge in [-0.25, -0.2) is 0 Å². The van der Waals surface area contributed by atoms with Crippen LogP contribution in [0.3, 0.4) is 0 Å². The number of hydrogen-bond acceptors (Lipinski definition) is 3. The van der Waals surface area contributed by atoms with E-state index in [0.717, 1.165) is 30.7 Å². The van der Waals surface area contributed by atoms with E-state index in [1.807, 2.05) is 18.2 Å². The Kier molecular flexibility index (Phi) is 3.42. The fourth-order valence-corrected chi connectivity index (χ4v) is 3.62. The topological polar surface area (TPSA) is 46.3 Å². The van der Waals surface area contributed by atoms with E-state index in [4.69, 9.17) is 4.74 Å². The number of piperidine rings is 3. The number of rotatable bonds is 3. The van der Waals surface area contributed by atoms with Gasteiger partial charge in [-0.15, -0.1) is 0 Å². The smallest absolute Gasteiger partial charge is 0.134 e. The number of nitrogens with one attached hydrogen (secondary N) is 1. The number of benzene rings is 1. The first-order chi connectivity index (χ1) is 9.33. The number of methoxy groups -OCH3 is 1. The van der Waals surface area contributed by atoms with Crippen molar-refractivity contribution in [2.75, 3.05) is 20.2 Å². The average molecular weight is 261 g/mol. The van der Waals surface area contributed by atoms with Crippen LogP contribution in [0.1, 0.15) is 18.4 Å². The SMILES string of the molecule is COc1ccccc1C[C@H]1C(=NO)C2CC[NH+]1CC2. The molecule has 1 atom stereocenters. The minimum absolute atomic E-state index is 0.314. The van der Waals surface area contributed by atoms with E-state index in [-0.39, 0.29) is 0 Å². The minimum atomic E-state index is 0.314. The molecule has 3 aliphatic rings. The van der Waals surface area contributed by atoms with Crippen LogP contribution in [-0.2, 0) is 6.42 Å². The Morgan fingerprint density at radius 2 is 2.05 bits per heavy atom. The molecule has 2 N–H and O–H groups in total. The molecule has 0 unspecified atom stereocenters. The highest BCUT2D eigenvalue weighted by Gasteiger charge is 2.43. The summed E-state index contributed by atoms with van der Waals surface area (Å²) >= 11 is 0. The van der Waals surface area contributed by atoms with Crippen molar-refractivity contribution in [2.24, 2.45) is 11.1 Å². The van der Waals surface area contributed by atoms with E-state index in [9.17, 15) is 5.21 Å². The molecule has 4 heteroatoms. The summed E-state index contributed by atoms with van der Waals surface area (Å²) in [6, 6.07) is 8.45. The molecule has 0 radical (unpaired) electrons. The molecule has 0 aromatic heterocycles. The quantitative estimate of drug-likeness (QED) is 0.623. The van der Waals surface area contributed by atoms with Crippen LogP contribution in [0, 0.1) is 5.92 Å². The van der Waals surface area contributed by atoms with Gasteiger partial charge in [0.1, 0.15) is 17.5 Å². The van der Waals surface area contributed by atoms with Crippen molar-refractivity contribution in [3.8, 4) is 5.75 Å². The second-order valence-electron chi connectivity index (χ2n) is 5.53. The Bertz CT molecular complexity index is 479. The van der Waals surface area contributed by atoms with E-state index in [2.05, 4.69) is 11.2 Å². The van der Waals surface area contributed by atoms with Gasteiger partial charge < -0.3 is 14.8 Å². The highest BCUT2D eigenvalue weighted by Crippen LogP contribution is 2.24. The summed E-state index contributed by atoms with van der Waals surface area (Å²) in [6.45, 7) is 2.40. The van der Waals surface area contributed by atoms with Gasteiger partial charge in [-0.3, -0.25) is 0 Å². The summed E-state index contributed by atoms with van der Waals surface area (Å²) in [7, 11) is 1.71. The maximum Gasteiger partial charge on any atom is 0.134 e. The third-order valence-electron chi connectivity index (χ3n) is 4.63. The summed E-state index contributed by atoms with van der Waals surface area (Å²) < 4.78 is 5.42. The standard InChI is InChI=1S/C15H20N2O2/c1-19-14-5-3-2-4-12(14)10-13-15(16-18)11-6-8-17(13)9-7-11/h2-5,11,13,18H,6-10H2,1H3/p+1/t13-/m0/s1. The van der Waals surface area contributed by atoms with Gasteiger partial charge in [-0.05, 0) is 6.07 Å². The predicted molar refractivity (Wildman–Crippen MR) is 73.1 cm³/mol. The van der Waals surface area contributed by atoms with E-state index in [0.29, 0.717) is 12.0 Å². The third kappa shape index (κ3) is 2.21. The van der Waals surface area contributed by atoms with Gasteiger partial charge in [0.05, 0.1) is 20.2 Å². The molecule has 0 aliphatic carbocycles. The van der Waals surface area contributed by atoms with Gasteiger partial charge in [-0.2, -0.15) is 0 Å². The zero-order chi connectivity index (χ0) is 13.2. The molecule has 0 saturated carbocycles. The molecule has 1 aromatic carbocycles. The highest BCUT2D eigenvalue weighted by atomic mass is 16.5. The first kappa shape index (κ1) is 12.5. The van der Waals surface area contributed by atoms with Crippen LogP contribution in [0.15, 0.2) is 29.4 Å². The number of nitrogens with zero attached hydrogens (tertiary/aromatic N) is 1. The molecular formula is C15H21N2O2+. The zero-order valence-electron chi connectivity index (χ0n) is 11.3. The van der Waals surface area contributed by atoms with Crippen LogP contribution in [0.25, 0.3) is 0 Å². The predicted octanol–water partition coefficient (Wildman–Crippen LogP) is 0.745. The van der Waals surface area contributed by atoms with Crippen molar-refractivity contribution < 1.29 is 14.8 Å². The monoisotopic (exact) mass is 261 g/mol. The second-order valence-corrected chi connectivity index (χ2v) is 5.53. The van der Waals surface area contributed by atoms with Crippen molar-refractivity contribution in [3.63, 3.8) is 0 Å². The highest BCUT2D eigenvalue weighted by molar-refractivity contribution is 5.91. The summed E-state index contributed by atoms with van der Waals surface area (Å²) in [5.74, 6) is 1.42. The summed E-state index contributed by atoms with van der Waals surface area (Å²) in [4.78, 5) is 1.56. The summed E-state index contributed by atoms with van der Waals surface area (Å²) in [5.41, 5.74) is 2.20. The van der Waals surface area contributed by atoms with Crippen LogP contribution in [-0.4, -0.2) is 37.2 Å². The maximum atomic E-state index is 9.33. The fraction of sp³-hybridized carbons (Fsp3) is 0.533. The van der Waals surface area contributed by atoms with Crippen LogP contribution < -0.4 is 9.64 Å². The molecule has 102 valence electrons. The number of oxime groups is 1. The van der Waals surface area contributed by atoms with Gasteiger partial charge >= 0.3 is 0 Å². The lowest BCUT2D eigenvalue weighted by Crippen LogP contribution is -3.20. The average Bonchev–Trinajstić information content (AvgIpc) is 2.49. The molecule has 19 heavy (non-hydrogen) atoms. The first-order valence-corrected chi connectivity index (χ1v) is 7.01. The first-order valence-electron chi connectivity index (χ1n) is 7.01. The lowest BCUT2D eigenvalue weighted by Gasteiger charge is -2.42. The minimum Gasteiger partial charge on any atom is -0.496 e. The van der Waals surface area contributed by atoms with Crippen molar-refractivity contribution in [3.05, 3.63) is 29.8 Å².